The van der Waals surface area contributed by atoms with Crippen LogP contribution in [0.25, 0.3) is 0 Å². The van der Waals surface area contributed by atoms with Gasteiger partial charge in [0.1, 0.15) is 6.04 Å². The Labute approximate surface area is 117 Å². The van der Waals surface area contributed by atoms with Crippen molar-refractivity contribution >= 4 is 12.0 Å². The van der Waals surface area contributed by atoms with E-state index in [-0.39, 0.29) is 13.0 Å². The van der Waals surface area contributed by atoms with Gasteiger partial charge in [-0.1, -0.05) is 0 Å². The fraction of sp³-hybridized carbons (Fsp3) is 0.846. The Morgan fingerprint density at radius 1 is 1.35 bits per heavy atom. The summed E-state index contributed by atoms with van der Waals surface area (Å²) in [6.07, 6.45) is 2.54. The summed E-state index contributed by atoms with van der Waals surface area (Å²) in [7, 11) is 0. The number of hydrogen-bond acceptors (Lipinski definition) is 4. The minimum atomic E-state index is -1.08. The number of likely N-dealkylation sites (tertiary alicyclic amines) is 1. The Hall–Kier alpha value is -1.34. The molecule has 7 nitrogen and oxygen atoms in total. The summed E-state index contributed by atoms with van der Waals surface area (Å²) in [5, 5.41) is 21.1. The summed E-state index contributed by atoms with van der Waals surface area (Å²) in [6, 6.07) is -1.37. The van der Waals surface area contributed by atoms with Crippen molar-refractivity contribution in [3.05, 3.63) is 0 Å². The lowest BCUT2D eigenvalue weighted by Gasteiger charge is -2.21. The van der Waals surface area contributed by atoms with Gasteiger partial charge in [-0.15, -0.1) is 0 Å². The standard InChI is InChI=1S/C13H22N2O5/c16-10-6-11(12(17)18)15(7-10)13(19)14-4-1-5-20-8-9-2-3-9/h9-11,16H,1-8H2,(H,14,19)(H,17,18)/t10?,11-/m0/s1. The first-order chi connectivity index (χ1) is 9.58. The molecule has 20 heavy (non-hydrogen) atoms. The van der Waals surface area contributed by atoms with Gasteiger partial charge < -0.3 is 25.2 Å². The number of aliphatic carboxylic acids is 1. The molecule has 3 N–H and O–H groups in total. The molecule has 1 saturated heterocycles. The van der Waals surface area contributed by atoms with E-state index >= 15 is 0 Å². The van der Waals surface area contributed by atoms with Gasteiger partial charge in [0.2, 0.25) is 0 Å². The summed E-state index contributed by atoms with van der Waals surface area (Å²) >= 11 is 0. The van der Waals surface area contributed by atoms with Gasteiger partial charge in [0.05, 0.1) is 6.10 Å². The minimum absolute atomic E-state index is 0.0704. The summed E-state index contributed by atoms with van der Waals surface area (Å²) in [4.78, 5) is 24.0. The minimum Gasteiger partial charge on any atom is -0.480 e. The number of carboxylic acids is 1. The van der Waals surface area contributed by atoms with E-state index in [4.69, 9.17) is 9.84 Å². The lowest BCUT2D eigenvalue weighted by Crippen LogP contribution is -2.46. The molecule has 2 aliphatic rings. The topological polar surface area (TPSA) is 99.1 Å². The number of carboxylic acid groups (broad SMARTS) is 1. The highest BCUT2D eigenvalue weighted by molar-refractivity contribution is 5.83. The highest BCUT2D eigenvalue weighted by atomic mass is 16.5. The molecule has 2 rings (SSSR count). The Morgan fingerprint density at radius 3 is 2.75 bits per heavy atom. The molecule has 2 atom stereocenters. The normalized spacial score (nSPS) is 25.8. The summed E-state index contributed by atoms with van der Waals surface area (Å²) in [6.45, 7) is 1.92. The predicted molar refractivity (Wildman–Crippen MR) is 70.3 cm³/mol. The predicted octanol–water partition coefficient (Wildman–Crippen LogP) is 0.0325. The molecule has 0 radical (unpaired) electrons. The number of aliphatic hydroxyl groups excluding tert-OH is 1. The van der Waals surface area contributed by atoms with Crippen molar-refractivity contribution in [2.75, 3.05) is 26.3 Å². The monoisotopic (exact) mass is 286 g/mol. The number of nitrogens with one attached hydrogen (secondary N) is 1. The van der Waals surface area contributed by atoms with Gasteiger partial charge in [-0.2, -0.15) is 0 Å². The van der Waals surface area contributed by atoms with Gasteiger partial charge in [0.25, 0.3) is 0 Å². The third-order valence-corrected chi connectivity index (χ3v) is 3.62. The Kier molecular flexibility index (Phi) is 5.19. The molecule has 1 saturated carbocycles. The molecule has 7 heteroatoms. The maximum absolute atomic E-state index is 11.9. The molecular formula is C13H22N2O5. The van der Waals surface area contributed by atoms with E-state index in [1.165, 1.54) is 17.7 Å². The first-order valence-corrected chi connectivity index (χ1v) is 7.11. The van der Waals surface area contributed by atoms with Gasteiger partial charge in [0.15, 0.2) is 0 Å². The number of ether oxygens (including phenoxy) is 1. The van der Waals surface area contributed by atoms with Crippen molar-refractivity contribution < 1.29 is 24.5 Å². The Bertz CT molecular complexity index is 359. The van der Waals surface area contributed by atoms with Crippen molar-refractivity contribution in [2.24, 2.45) is 5.92 Å². The number of urea groups is 1. The molecular weight excluding hydrogens is 264 g/mol. The molecule has 0 aromatic carbocycles. The van der Waals surface area contributed by atoms with Gasteiger partial charge in [-0.3, -0.25) is 0 Å². The molecule has 0 bridgehead atoms. The van der Waals surface area contributed by atoms with Crippen LogP contribution in [0.3, 0.4) is 0 Å². The molecule has 1 aliphatic carbocycles. The molecule has 0 spiro atoms. The van der Waals surface area contributed by atoms with E-state index in [2.05, 4.69) is 5.32 Å². The largest absolute Gasteiger partial charge is 0.480 e. The van der Waals surface area contributed by atoms with Crippen LogP contribution in [0.5, 0.6) is 0 Å². The zero-order chi connectivity index (χ0) is 14.5. The molecule has 2 amide bonds. The molecule has 1 unspecified atom stereocenters. The number of amides is 2. The molecule has 114 valence electrons. The van der Waals surface area contributed by atoms with Crippen LogP contribution in [0.4, 0.5) is 4.79 Å². The van der Waals surface area contributed by atoms with E-state index in [0.717, 1.165) is 12.5 Å². The third kappa shape index (κ3) is 4.35. The van der Waals surface area contributed by atoms with Crippen molar-refractivity contribution in [1.82, 2.24) is 10.2 Å². The van der Waals surface area contributed by atoms with Crippen LogP contribution >= 0.6 is 0 Å². The van der Waals surface area contributed by atoms with E-state index in [9.17, 15) is 14.7 Å². The van der Waals surface area contributed by atoms with Crippen molar-refractivity contribution in [3.63, 3.8) is 0 Å². The molecule has 0 aromatic rings. The van der Waals surface area contributed by atoms with Gasteiger partial charge >= 0.3 is 12.0 Å². The number of hydrogen-bond donors (Lipinski definition) is 3. The number of carbonyl (C=O) groups is 2. The number of carbonyl (C=O) groups excluding carboxylic acids is 1. The zero-order valence-electron chi connectivity index (χ0n) is 11.5. The smallest absolute Gasteiger partial charge is 0.326 e. The number of nitrogens with zero attached hydrogens (tertiary/aromatic N) is 1. The summed E-state index contributed by atoms with van der Waals surface area (Å²) in [5.74, 6) is -0.350. The molecule has 1 aliphatic heterocycles. The summed E-state index contributed by atoms with van der Waals surface area (Å²) < 4.78 is 5.44. The fourth-order valence-corrected chi connectivity index (χ4v) is 2.28. The zero-order valence-corrected chi connectivity index (χ0v) is 11.5. The fourth-order valence-electron chi connectivity index (χ4n) is 2.28. The number of rotatable bonds is 7. The van der Waals surface area contributed by atoms with Crippen LogP contribution in [0.15, 0.2) is 0 Å². The van der Waals surface area contributed by atoms with Crippen LogP contribution in [-0.4, -0.2) is 65.6 Å². The van der Waals surface area contributed by atoms with Crippen molar-refractivity contribution in [2.45, 2.75) is 37.8 Å². The van der Waals surface area contributed by atoms with Crippen LogP contribution in [-0.2, 0) is 9.53 Å². The third-order valence-electron chi connectivity index (χ3n) is 3.62. The average Bonchev–Trinajstić information content (AvgIpc) is 3.13. The second-order valence-corrected chi connectivity index (χ2v) is 5.50. The van der Waals surface area contributed by atoms with Gasteiger partial charge in [0, 0.05) is 32.7 Å². The number of aliphatic hydroxyl groups is 1. The first-order valence-electron chi connectivity index (χ1n) is 7.11. The van der Waals surface area contributed by atoms with Crippen LogP contribution in [0.1, 0.15) is 25.7 Å². The number of β-amino-alcohol motifs (C(OH)–C–C–N with tert-alkyl or cyclic N) is 1. The maximum Gasteiger partial charge on any atom is 0.326 e. The average molecular weight is 286 g/mol. The second kappa shape index (κ2) is 6.90. The maximum atomic E-state index is 11.9. The lowest BCUT2D eigenvalue weighted by molar-refractivity contribution is -0.141. The van der Waals surface area contributed by atoms with E-state index < -0.39 is 24.1 Å². The first kappa shape index (κ1) is 15.1. The quantitative estimate of drug-likeness (QED) is 0.574. The lowest BCUT2D eigenvalue weighted by atomic mass is 10.2. The molecule has 1 heterocycles. The van der Waals surface area contributed by atoms with Crippen LogP contribution in [0, 0.1) is 5.92 Å². The van der Waals surface area contributed by atoms with E-state index in [1.54, 1.807) is 0 Å². The van der Waals surface area contributed by atoms with Crippen LogP contribution in [0.2, 0.25) is 0 Å². The second-order valence-electron chi connectivity index (χ2n) is 5.50. The van der Waals surface area contributed by atoms with Crippen LogP contribution < -0.4 is 5.32 Å². The van der Waals surface area contributed by atoms with Gasteiger partial charge in [-0.25, -0.2) is 9.59 Å². The molecule has 2 fully saturated rings. The SMILES string of the molecule is O=C(O)[C@@H]1CC(O)CN1C(=O)NCCCOCC1CC1. The van der Waals surface area contributed by atoms with Crippen molar-refractivity contribution in [1.29, 1.82) is 0 Å². The molecule has 0 aromatic heterocycles. The summed E-state index contributed by atoms with van der Waals surface area (Å²) in [5.41, 5.74) is 0. The Morgan fingerprint density at radius 2 is 2.10 bits per heavy atom. The van der Waals surface area contributed by atoms with Crippen molar-refractivity contribution in [3.8, 4) is 0 Å². The Balaban J connectivity index is 1.61. The van der Waals surface area contributed by atoms with Gasteiger partial charge in [-0.05, 0) is 25.2 Å². The van der Waals surface area contributed by atoms with E-state index in [1.807, 2.05) is 0 Å². The highest BCUT2D eigenvalue weighted by Gasteiger charge is 2.38. The highest BCUT2D eigenvalue weighted by Crippen LogP contribution is 2.28. The van der Waals surface area contributed by atoms with E-state index in [0.29, 0.717) is 19.6 Å².